The monoisotopic (exact) mass is 276 g/mol. The number of unbranched alkanes of at least 4 members (excludes halogenated alkanes) is 3. The third-order valence-corrected chi connectivity index (χ3v) is 3.96. The predicted molar refractivity (Wildman–Crippen MR) is 78.4 cm³/mol. The molecule has 0 bridgehead atoms. The van der Waals surface area contributed by atoms with Crippen LogP contribution in [0.5, 0.6) is 0 Å². The lowest BCUT2D eigenvalue weighted by molar-refractivity contribution is -0.129. The summed E-state index contributed by atoms with van der Waals surface area (Å²) in [7, 11) is 0. The van der Waals surface area contributed by atoms with E-state index in [1.165, 1.54) is 17.5 Å². The summed E-state index contributed by atoms with van der Waals surface area (Å²) in [6.45, 7) is 3.37. The van der Waals surface area contributed by atoms with E-state index in [0.29, 0.717) is 6.42 Å². The minimum atomic E-state index is -0.280. The van der Waals surface area contributed by atoms with Gasteiger partial charge >= 0.3 is 0 Å². The Bertz CT molecular complexity index is 434. The van der Waals surface area contributed by atoms with Gasteiger partial charge in [-0.3, -0.25) is 14.9 Å². The third kappa shape index (κ3) is 4.62. The van der Waals surface area contributed by atoms with Crippen LogP contribution < -0.4 is 5.48 Å². The first-order valence-corrected chi connectivity index (χ1v) is 7.51. The highest BCUT2D eigenvalue weighted by Crippen LogP contribution is 2.18. The standard InChI is InChI=1S/C16H24N2O2/c19-16(17-20)9-3-1-2-6-11-18-12-10-14-7-4-5-8-15(14)13-18/h4-5,7-8,20H,1-3,6,9-13H2,(H,17,19). The van der Waals surface area contributed by atoms with E-state index < -0.39 is 0 Å². The van der Waals surface area contributed by atoms with Crippen molar-refractivity contribution in [3.8, 4) is 0 Å². The van der Waals surface area contributed by atoms with Crippen LogP contribution >= 0.6 is 0 Å². The van der Waals surface area contributed by atoms with Crippen LogP contribution in [-0.4, -0.2) is 29.1 Å². The van der Waals surface area contributed by atoms with Crippen LogP contribution in [-0.2, 0) is 17.8 Å². The number of carbonyl (C=O) groups excluding carboxylic acids is 1. The smallest absolute Gasteiger partial charge is 0.243 e. The second kappa shape index (κ2) is 8.02. The molecule has 1 aromatic rings. The summed E-state index contributed by atoms with van der Waals surface area (Å²) in [4.78, 5) is 13.4. The minimum Gasteiger partial charge on any atom is -0.299 e. The van der Waals surface area contributed by atoms with E-state index >= 15 is 0 Å². The highest BCUT2D eigenvalue weighted by Gasteiger charge is 2.14. The van der Waals surface area contributed by atoms with Crippen molar-refractivity contribution in [1.29, 1.82) is 0 Å². The molecule has 1 aliphatic rings. The molecule has 0 saturated carbocycles. The van der Waals surface area contributed by atoms with Crippen molar-refractivity contribution < 1.29 is 10.0 Å². The van der Waals surface area contributed by atoms with E-state index in [-0.39, 0.29) is 5.91 Å². The van der Waals surface area contributed by atoms with Crippen LogP contribution in [0.2, 0.25) is 0 Å². The van der Waals surface area contributed by atoms with E-state index in [2.05, 4.69) is 29.2 Å². The highest BCUT2D eigenvalue weighted by molar-refractivity contribution is 5.74. The Morgan fingerprint density at radius 1 is 1.15 bits per heavy atom. The van der Waals surface area contributed by atoms with Gasteiger partial charge in [0, 0.05) is 19.5 Å². The van der Waals surface area contributed by atoms with Gasteiger partial charge in [0.15, 0.2) is 0 Å². The number of amides is 1. The molecule has 4 nitrogen and oxygen atoms in total. The normalized spacial score (nSPS) is 14.8. The first kappa shape index (κ1) is 15.0. The minimum absolute atomic E-state index is 0.280. The number of hydrogen-bond acceptors (Lipinski definition) is 3. The number of benzene rings is 1. The fourth-order valence-electron chi connectivity index (χ4n) is 2.78. The molecular weight excluding hydrogens is 252 g/mol. The van der Waals surface area contributed by atoms with Crippen molar-refractivity contribution in [2.45, 2.75) is 45.1 Å². The van der Waals surface area contributed by atoms with Gasteiger partial charge in [-0.15, -0.1) is 0 Å². The number of nitrogens with zero attached hydrogens (tertiary/aromatic N) is 1. The van der Waals surface area contributed by atoms with Gasteiger partial charge in [0.25, 0.3) is 0 Å². The Kier molecular flexibility index (Phi) is 6.02. The molecule has 2 rings (SSSR count). The maximum absolute atomic E-state index is 10.8. The van der Waals surface area contributed by atoms with Crippen LogP contribution in [0.1, 0.15) is 43.2 Å². The first-order chi connectivity index (χ1) is 9.79. The zero-order chi connectivity index (χ0) is 14.2. The van der Waals surface area contributed by atoms with Gasteiger partial charge in [-0.05, 0) is 36.9 Å². The van der Waals surface area contributed by atoms with Crippen molar-refractivity contribution in [3.05, 3.63) is 35.4 Å². The lowest BCUT2D eigenvalue weighted by atomic mass is 9.99. The zero-order valence-corrected chi connectivity index (χ0v) is 12.0. The number of hydrogen-bond donors (Lipinski definition) is 2. The number of fused-ring (bicyclic) bond motifs is 1. The molecule has 0 atom stereocenters. The zero-order valence-electron chi connectivity index (χ0n) is 12.0. The molecule has 4 heteroatoms. The van der Waals surface area contributed by atoms with Crippen molar-refractivity contribution >= 4 is 5.91 Å². The highest BCUT2D eigenvalue weighted by atomic mass is 16.5. The number of nitrogens with one attached hydrogen (secondary N) is 1. The van der Waals surface area contributed by atoms with Gasteiger partial charge in [0.05, 0.1) is 0 Å². The Morgan fingerprint density at radius 2 is 1.90 bits per heavy atom. The maximum atomic E-state index is 10.8. The molecule has 110 valence electrons. The molecule has 0 saturated heterocycles. The average Bonchev–Trinajstić information content (AvgIpc) is 2.50. The van der Waals surface area contributed by atoms with Crippen LogP contribution in [0.3, 0.4) is 0 Å². The summed E-state index contributed by atoms with van der Waals surface area (Å²) in [5.41, 5.74) is 4.64. The van der Waals surface area contributed by atoms with E-state index in [1.54, 1.807) is 5.48 Å². The Hall–Kier alpha value is -1.39. The lowest BCUT2D eigenvalue weighted by Crippen LogP contribution is -2.31. The molecule has 0 fully saturated rings. The Morgan fingerprint density at radius 3 is 2.70 bits per heavy atom. The van der Waals surface area contributed by atoms with Crippen LogP contribution in [0.25, 0.3) is 0 Å². The van der Waals surface area contributed by atoms with Crippen molar-refractivity contribution in [3.63, 3.8) is 0 Å². The Labute approximate surface area is 120 Å². The molecule has 0 aliphatic carbocycles. The second-order valence-electron chi connectivity index (χ2n) is 5.49. The van der Waals surface area contributed by atoms with Crippen molar-refractivity contribution in [2.75, 3.05) is 13.1 Å². The summed E-state index contributed by atoms with van der Waals surface area (Å²) in [5.74, 6) is -0.280. The van der Waals surface area contributed by atoms with Crippen LogP contribution in [0.4, 0.5) is 0 Å². The summed E-state index contributed by atoms with van der Waals surface area (Å²) in [6.07, 6.45) is 5.83. The quantitative estimate of drug-likeness (QED) is 0.457. The number of carbonyl (C=O) groups is 1. The van der Waals surface area contributed by atoms with Crippen molar-refractivity contribution in [2.24, 2.45) is 0 Å². The number of hydroxylamine groups is 1. The van der Waals surface area contributed by atoms with Crippen LogP contribution in [0, 0.1) is 0 Å². The average molecular weight is 276 g/mol. The fourth-order valence-corrected chi connectivity index (χ4v) is 2.78. The molecule has 1 heterocycles. The Balaban J connectivity index is 1.58. The molecule has 1 aliphatic heterocycles. The van der Waals surface area contributed by atoms with Gasteiger partial charge in [-0.2, -0.15) is 0 Å². The summed E-state index contributed by atoms with van der Waals surface area (Å²) in [5, 5.41) is 8.38. The lowest BCUT2D eigenvalue weighted by Gasteiger charge is -2.28. The summed E-state index contributed by atoms with van der Waals surface area (Å²) >= 11 is 0. The maximum Gasteiger partial charge on any atom is 0.243 e. The topological polar surface area (TPSA) is 52.6 Å². The first-order valence-electron chi connectivity index (χ1n) is 7.51. The number of rotatable bonds is 7. The van der Waals surface area contributed by atoms with E-state index in [0.717, 1.165) is 45.3 Å². The van der Waals surface area contributed by atoms with Gasteiger partial charge in [-0.1, -0.05) is 37.1 Å². The van der Waals surface area contributed by atoms with Gasteiger partial charge in [0.2, 0.25) is 5.91 Å². The van der Waals surface area contributed by atoms with Gasteiger partial charge < -0.3 is 0 Å². The molecule has 0 unspecified atom stereocenters. The second-order valence-corrected chi connectivity index (χ2v) is 5.49. The molecule has 0 spiro atoms. The molecule has 20 heavy (non-hydrogen) atoms. The fraction of sp³-hybridized carbons (Fsp3) is 0.562. The van der Waals surface area contributed by atoms with Gasteiger partial charge in [-0.25, -0.2) is 5.48 Å². The molecular formula is C16H24N2O2. The molecule has 1 aromatic carbocycles. The van der Waals surface area contributed by atoms with Crippen molar-refractivity contribution in [1.82, 2.24) is 10.4 Å². The van der Waals surface area contributed by atoms with E-state index in [9.17, 15) is 4.79 Å². The SMILES string of the molecule is O=C(CCCCCCN1CCc2ccccc2C1)NO. The predicted octanol–water partition coefficient (Wildman–Crippen LogP) is 2.50. The van der Waals surface area contributed by atoms with E-state index in [4.69, 9.17) is 5.21 Å². The molecule has 1 amide bonds. The summed E-state index contributed by atoms with van der Waals surface area (Å²) < 4.78 is 0. The molecule has 0 aromatic heterocycles. The summed E-state index contributed by atoms with van der Waals surface area (Å²) in [6, 6.07) is 8.71. The van der Waals surface area contributed by atoms with E-state index in [1.807, 2.05) is 0 Å². The van der Waals surface area contributed by atoms with Crippen LogP contribution in [0.15, 0.2) is 24.3 Å². The molecule has 2 N–H and O–H groups in total. The largest absolute Gasteiger partial charge is 0.299 e. The third-order valence-electron chi connectivity index (χ3n) is 3.96. The van der Waals surface area contributed by atoms with Gasteiger partial charge in [0.1, 0.15) is 0 Å². The molecule has 0 radical (unpaired) electrons.